The zero-order chi connectivity index (χ0) is 17.4. The van der Waals surface area contributed by atoms with Crippen LogP contribution in [0.25, 0.3) is 5.78 Å². The topological polar surface area (TPSA) is 105 Å². The van der Waals surface area contributed by atoms with Gasteiger partial charge in [-0.3, -0.25) is 14.7 Å². The van der Waals surface area contributed by atoms with Crippen LogP contribution in [-0.4, -0.2) is 37.0 Å². The second-order valence-corrected chi connectivity index (χ2v) is 7.28. The van der Waals surface area contributed by atoms with Gasteiger partial charge in [-0.1, -0.05) is 0 Å². The quantitative estimate of drug-likeness (QED) is 0.725. The highest BCUT2D eigenvalue weighted by Gasteiger charge is 2.17. The van der Waals surface area contributed by atoms with Gasteiger partial charge in [0.25, 0.3) is 17.2 Å². The van der Waals surface area contributed by atoms with Crippen LogP contribution in [0.15, 0.2) is 11.0 Å². The number of aromatic amines is 1. The molecule has 0 saturated carbocycles. The van der Waals surface area contributed by atoms with Crippen LogP contribution in [0, 0.1) is 6.92 Å². The Balaban J connectivity index is 1.43. The maximum atomic E-state index is 12.3. The minimum Gasteiger partial charge on any atom is -0.351 e. The molecule has 0 fully saturated rings. The van der Waals surface area contributed by atoms with E-state index in [0.717, 1.165) is 17.8 Å². The standard InChI is InChI=1S/C16H18N6O2S/c1-9-19-16-18-8-10(15(24)22(16)21-9)14(23)17-7-6-13-20-11-4-2-3-5-12(11)25-13/h8H,2-7H2,1H3,(H,17,23)(H,18,19,21). The van der Waals surface area contributed by atoms with Crippen LogP contribution in [0.1, 0.15) is 44.6 Å². The number of H-pyrrole nitrogens is 1. The summed E-state index contributed by atoms with van der Waals surface area (Å²) in [7, 11) is 0. The number of amides is 1. The minimum atomic E-state index is -0.451. The van der Waals surface area contributed by atoms with Crippen LogP contribution in [-0.2, 0) is 19.3 Å². The average Bonchev–Trinajstić information content (AvgIpc) is 3.17. The van der Waals surface area contributed by atoms with Crippen molar-refractivity contribution >= 4 is 23.0 Å². The van der Waals surface area contributed by atoms with Gasteiger partial charge in [0.15, 0.2) is 0 Å². The van der Waals surface area contributed by atoms with Gasteiger partial charge in [-0.15, -0.1) is 11.3 Å². The molecule has 3 aromatic rings. The van der Waals surface area contributed by atoms with E-state index in [1.807, 2.05) is 0 Å². The number of carbonyl (C=O) groups is 1. The first-order chi connectivity index (χ1) is 12.1. The normalized spacial score (nSPS) is 13.8. The molecule has 2 N–H and O–H groups in total. The smallest absolute Gasteiger partial charge is 0.286 e. The lowest BCUT2D eigenvalue weighted by atomic mass is 10.0. The molecule has 8 nitrogen and oxygen atoms in total. The number of nitrogens with zero attached hydrogens (tertiary/aromatic N) is 4. The monoisotopic (exact) mass is 358 g/mol. The zero-order valence-corrected chi connectivity index (χ0v) is 14.7. The van der Waals surface area contributed by atoms with Crippen LogP contribution in [0.5, 0.6) is 0 Å². The van der Waals surface area contributed by atoms with Crippen LogP contribution < -0.4 is 10.9 Å². The number of aromatic nitrogens is 5. The Hall–Kier alpha value is -2.55. The SMILES string of the molecule is Cc1nc2ncc(C(=O)NCCc3nc4c(s3)CCCC4)c(=O)n2[nH]1. The van der Waals surface area contributed by atoms with Crippen molar-refractivity contribution in [3.05, 3.63) is 43.5 Å². The summed E-state index contributed by atoms with van der Waals surface area (Å²) in [5.74, 6) is 0.391. The van der Waals surface area contributed by atoms with Gasteiger partial charge in [0.1, 0.15) is 11.4 Å². The molecular formula is C16H18N6O2S. The highest BCUT2D eigenvalue weighted by atomic mass is 32.1. The molecule has 1 amide bonds. The van der Waals surface area contributed by atoms with Crippen molar-refractivity contribution < 1.29 is 4.79 Å². The fourth-order valence-corrected chi connectivity index (χ4v) is 4.17. The Kier molecular flexibility index (Phi) is 4.08. The van der Waals surface area contributed by atoms with Crippen molar-refractivity contribution in [2.24, 2.45) is 0 Å². The van der Waals surface area contributed by atoms with Crippen molar-refractivity contribution in [3.63, 3.8) is 0 Å². The molecule has 0 spiro atoms. The van der Waals surface area contributed by atoms with E-state index >= 15 is 0 Å². The number of hydrogen-bond donors (Lipinski definition) is 2. The van der Waals surface area contributed by atoms with Crippen LogP contribution in [0.3, 0.4) is 0 Å². The molecule has 25 heavy (non-hydrogen) atoms. The molecule has 0 radical (unpaired) electrons. The van der Waals surface area contributed by atoms with Crippen LogP contribution >= 0.6 is 11.3 Å². The first-order valence-corrected chi connectivity index (χ1v) is 9.13. The van der Waals surface area contributed by atoms with Crippen molar-refractivity contribution in [3.8, 4) is 0 Å². The Bertz CT molecular complexity index is 978. The Labute approximate surface area is 147 Å². The molecule has 0 atom stereocenters. The number of fused-ring (bicyclic) bond motifs is 2. The number of thiazole rings is 1. The van der Waals surface area contributed by atoms with Gasteiger partial charge in [-0.2, -0.15) is 9.50 Å². The highest BCUT2D eigenvalue weighted by molar-refractivity contribution is 7.11. The van der Waals surface area contributed by atoms with E-state index in [1.165, 1.54) is 34.1 Å². The summed E-state index contributed by atoms with van der Waals surface area (Å²) in [6, 6.07) is 0. The van der Waals surface area contributed by atoms with E-state index < -0.39 is 11.5 Å². The molecule has 4 rings (SSSR count). The minimum absolute atomic E-state index is 0.000386. The first-order valence-electron chi connectivity index (χ1n) is 8.32. The summed E-state index contributed by atoms with van der Waals surface area (Å²) in [5.41, 5.74) is 0.771. The average molecular weight is 358 g/mol. The number of rotatable bonds is 4. The van der Waals surface area contributed by atoms with Crippen molar-refractivity contribution in [1.82, 2.24) is 29.9 Å². The van der Waals surface area contributed by atoms with Gasteiger partial charge in [-0.25, -0.2) is 9.97 Å². The largest absolute Gasteiger partial charge is 0.351 e. The van der Waals surface area contributed by atoms with Crippen molar-refractivity contribution in [2.75, 3.05) is 6.54 Å². The number of nitrogens with one attached hydrogen (secondary N) is 2. The van der Waals surface area contributed by atoms with E-state index in [4.69, 9.17) is 0 Å². The summed E-state index contributed by atoms with van der Waals surface area (Å²) in [6.07, 6.45) is 6.56. The fraction of sp³-hybridized carbons (Fsp3) is 0.438. The highest BCUT2D eigenvalue weighted by Crippen LogP contribution is 2.26. The Morgan fingerprint density at radius 1 is 1.36 bits per heavy atom. The predicted molar refractivity (Wildman–Crippen MR) is 93.1 cm³/mol. The summed E-state index contributed by atoms with van der Waals surface area (Å²) in [6.45, 7) is 2.16. The molecule has 0 unspecified atom stereocenters. The summed E-state index contributed by atoms with van der Waals surface area (Å²) in [4.78, 5) is 38.8. The van der Waals surface area contributed by atoms with E-state index in [1.54, 1.807) is 18.3 Å². The molecule has 0 bridgehead atoms. The fourth-order valence-electron chi connectivity index (χ4n) is 3.01. The molecule has 9 heteroatoms. The number of aryl methyl sites for hydroxylation is 3. The van der Waals surface area contributed by atoms with Crippen LogP contribution in [0.2, 0.25) is 0 Å². The third-order valence-corrected chi connectivity index (χ3v) is 5.46. The molecule has 0 aromatic carbocycles. The first kappa shape index (κ1) is 15.9. The van der Waals surface area contributed by atoms with Gasteiger partial charge in [0, 0.05) is 24.0 Å². The van der Waals surface area contributed by atoms with Gasteiger partial charge in [-0.05, 0) is 32.6 Å². The lowest BCUT2D eigenvalue weighted by Gasteiger charge is -2.06. The lowest BCUT2D eigenvalue weighted by Crippen LogP contribution is -2.33. The van der Waals surface area contributed by atoms with E-state index in [0.29, 0.717) is 18.8 Å². The molecule has 0 aliphatic heterocycles. The molecule has 3 aromatic heterocycles. The zero-order valence-electron chi connectivity index (χ0n) is 13.8. The second-order valence-electron chi connectivity index (χ2n) is 6.11. The molecule has 0 saturated heterocycles. The molecular weight excluding hydrogens is 340 g/mol. The molecule has 130 valence electrons. The van der Waals surface area contributed by atoms with Gasteiger partial charge < -0.3 is 5.32 Å². The predicted octanol–water partition coefficient (Wildman–Crippen LogP) is 1.03. The van der Waals surface area contributed by atoms with E-state index in [2.05, 4.69) is 25.4 Å². The number of carbonyl (C=O) groups excluding carboxylic acids is 1. The lowest BCUT2D eigenvalue weighted by molar-refractivity contribution is 0.0952. The maximum Gasteiger partial charge on any atom is 0.286 e. The van der Waals surface area contributed by atoms with Crippen molar-refractivity contribution in [2.45, 2.75) is 39.0 Å². The molecule has 1 aliphatic rings. The number of hydrogen-bond acceptors (Lipinski definition) is 6. The van der Waals surface area contributed by atoms with Gasteiger partial charge in [0.05, 0.1) is 10.7 Å². The molecule has 3 heterocycles. The van der Waals surface area contributed by atoms with Crippen LogP contribution in [0.4, 0.5) is 0 Å². The third-order valence-electron chi connectivity index (χ3n) is 4.24. The summed E-state index contributed by atoms with van der Waals surface area (Å²) < 4.78 is 1.18. The molecule has 1 aliphatic carbocycles. The van der Waals surface area contributed by atoms with Gasteiger partial charge in [0.2, 0.25) is 0 Å². The Morgan fingerprint density at radius 3 is 3.04 bits per heavy atom. The Morgan fingerprint density at radius 2 is 2.20 bits per heavy atom. The van der Waals surface area contributed by atoms with Crippen molar-refractivity contribution in [1.29, 1.82) is 0 Å². The van der Waals surface area contributed by atoms with Gasteiger partial charge >= 0.3 is 0 Å². The maximum absolute atomic E-state index is 12.3. The third kappa shape index (κ3) is 3.07. The summed E-state index contributed by atoms with van der Waals surface area (Å²) >= 11 is 1.74. The summed E-state index contributed by atoms with van der Waals surface area (Å²) in [5, 5.41) is 6.60. The van der Waals surface area contributed by atoms with E-state index in [-0.39, 0.29) is 11.3 Å². The van der Waals surface area contributed by atoms with E-state index in [9.17, 15) is 9.59 Å². The second kappa shape index (κ2) is 6.40.